The van der Waals surface area contributed by atoms with Crippen LogP contribution < -0.4 is 15.4 Å². The molecule has 0 atom stereocenters. The quantitative estimate of drug-likeness (QED) is 0.635. The van der Waals surface area contributed by atoms with E-state index >= 15 is 0 Å². The topological polar surface area (TPSA) is 70.6 Å². The van der Waals surface area contributed by atoms with Gasteiger partial charge in [-0.1, -0.05) is 18.2 Å². The van der Waals surface area contributed by atoms with Gasteiger partial charge < -0.3 is 20.5 Å². The number of hydrogen-bond donors (Lipinski definition) is 3. The number of nitrogens with one attached hydrogen (secondary N) is 2. The van der Waals surface area contributed by atoms with Crippen molar-refractivity contribution in [2.75, 3.05) is 26.3 Å². The Morgan fingerprint density at radius 3 is 2.72 bits per heavy atom. The maximum Gasteiger partial charge on any atom is 0.314 e. The number of aliphatic hydroxyl groups is 1. The van der Waals surface area contributed by atoms with Crippen molar-refractivity contribution in [1.82, 2.24) is 10.6 Å². The molecule has 0 aliphatic carbocycles. The molecule has 0 bridgehead atoms. The highest BCUT2D eigenvalue weighted by Crippen LogP contribution is 2.15. The molecular weight excluding hydrogens is 232 g/mol. The first-order chi connectivity index (χ1) is 8.74. The van der Waals surface area contributed by atoms with Crippen LogP contribution in [-0.2, 0) is 0 Å². The molecule has 0 aliphatic heterocycles. The second-order valence-electron chi connectivity index (χ2n) is 3.87. The number of benzene rings is 1. The zero-order valence-electron chi connectivity index (χ0n) is 10.6. The van der Waals surface area contributed by atoms with E-state index in [1.165, 1.54) is 0 Å². The summed E-state index contributed by atoms with van der Waals surface area (Å²) >= 11 is 0. The Morgan fingerprint density at radius 2 is 2.00 bits per heavy atom. The van der Waals surface area contributed by atoms with Crippen LogP contribution in [0.4, 0.5) is 4.79 Å². The van der Waals surface area contributed by atoms with Gasteiger partial charge in [0.25, 0.3) is 0 Å². The zero-order valence-corrected chi connectivity index (χ0v) is 10.6. The van der Waals surface area contributed by atoms with Crippen molar-refractivity contribution in [2.45, 2.75) is 13.3 Å². The molecule has 0 saturated heterocycles. The highest BCUT2D eigenvalue weighted by atomic mass is 16.5. The van der Waals surface area contributed by atoms with Gasteiger partial charge in [-0.2, -0.15) is 0 Å². The third kappa shape index (κ3) is 5.54. The summed E-state index contributed by atoms with van der Waals surface area (Å²) in [5, 5.41) is 13.9. The molecule has 0 aromatic heterocycles. The lowest BCUT2D eigenvalue weighted by Crippen LogP contribution is -2.38. The summed E-state index contributed by atoms with van der Waals surface area (Å²) in [4.78, 5) is 11.2. The molecule has 3 N–H and O–H groups in total. The molecule has 1 aromatic rings. The second kappa shape index (κ2) is 8.36. The minimum Gasteiger partial charge on any atom is -0.491 e. The van der Waals surface area contributed by atoms with Crippen molar-refractivity contribution in [3.63, 3.8) is 0 Å². The van der Waals surface area contributed by atoms with Gasteiger partial charge in [0.15, 0.2) is 0 Å². The van der Waals surface area contributed by atoms with Crippen LogP contribution in [0, 0.1) is 6.92 Å². The molecule has 1 rings (SSSR count). The summed E-state index contributed by atoms with van der Waals surface area (Å²) in [6, 6.07) is 7.50. The highest BCUT2D eigenvalue weighted by molar-refractivity contribution is 5.73. The van der Waals surface area contributed by atoms with E-state index in [4.69, 9.17) is 9.84 Å². The van der Waals surface area contributed by atoms with Crippen LogP contribution in [0.3, 0.4) is 0 Å². The summed E-state index contributed by atoms with van der Waals surface area (Å²) in [6.07, 6.45) is 0.563. The minimum atomic E-state index is -0.239. The fraction of sp³-hybridized carbons (Fsp3) is 0.462. The maximum absolute atomic E-state index is 11.2. The van der Waals surface area contributed by atoms with Crippen molar-refractivity contribution in [1.29, 1.82) is 0 Å². The van der Waals surface area contributed by atoms with Gasteiger partial charge in [0, 0.05) is 13.2 Å². The lowest BCUT2D eigenvalue weighted by atomic mass is 10.2. The summed E-state index contributed by atoms with van der Waals surface area (Å²) in [6.45, 7) is 3.40. The van der Waals surface area contributed by atoms with Crippen molar-refractivity contribution in [3.8, 4) is 5.75 Å². The van der Waals surface area contributed by atoms with Crippen LogP contribution in [0.25, 0.3) is 0 Å². The Bertz CT molecular complexity index is 369. The number of ether oxygens (including phenoxy) is 1. The molecule has 0 heterocycles. The van der Waals surface area contributed by atoms with Crippen molar-refractivity contribution in [3.05, 3.63) is 29.8 Å². The number of rotatable bonds is 7. The number of aryl methyl sites for hydroxylation is 1. The fourth-order valence-electron chi connectivity index (χ4n) is 1.39. The first kappa shape index (κ1) is 14.3. The Labute approximate surface area is 107 Å². The van der Waals surface area contributed by atoms with Gasteiger partial charge in [-0.3, -0.25) is 0 Å². The van der Waals surface area contributed by atoms with E-state index in [0.29, 0.717) is 26.1 Å². The van der Waals surface area contributed by atoms with Crippen LogP contribution in [-0.4, -0.2) is 37.4 Å². The maximum atomic E-state index is 11.2. The zero-order chi connectivity index (χ0) is 13.2. The van der Waals surface area contributed by atoms with Gasteiger partial charge in [-0.05, 0) is 25.0 Å². The average molecular weight is 252 g/mol. The van der Waals surface area contributed by atoms with E-state index in [2.05, 4.69) is 10.6 Å². The number of aliphatic hydroxyl groups excluding tert-OH is 1. The number of urea groups is 1. The van der Waals surface area contributed by atoms with Crippen LogP contribution in [0.15, 0.2) is 24.3 Å². The normalized spacial score (nSPS) is 9.89. The third-order valence-corrected chi connectivity index (χ3v) is 2.36. The van der Waals surface area contributed by atoms with Crippen molar-refractivity contribution in [2.24, 2.45) is 0 Å². The molecule has 0 spiro atoms. The third-order valence-electron chi connectivity index (χ3n) is 2.36. The van der Waals surface area contributed by atoms with Gasteiger partial charge in [-0.25, -0.2) is 4.79 Å². The van der Waals surface area contributed by atoms with Crippen LogP contribution in [0.5, 0.6) is 5.75 Å². The number of para-hydroxylation sites is 1. The Balaban J connectivity index is 2.12. The lowest BCUT2D eigenvalue weighted by Gasteiger charge is -2.10. The number of carbonyl (C=O) groups excluding carboxylic acids is 1. The lowest BCUT2D eigenvalue weighted by molar-refractivity contribution is 0.234. The predicted octanol–water partition coefficient (Wildman–Crippen LogP) is 1.06. The minimum absolute atomic E-state index is 0.0800. The largest absolute Gasteiger partial charge is 0.491 e. The molecule has 2 amide bonds. The average Bonchev–Trinajstić information content (AvgIpc) is 2.37. The van der Waals surface area contributed by atoms with Gasteiger partial charge in [-0.15, -0.1) is 0 Å². The van der Waals surface area contributed by atoms with Crippen molar-refractivity contribution >= 4 is 6.03 Å². The van der Waals surface area contributed by atoms with Gasteiger partial charge in [0.1, 0.15) is 12.4 Å². The molecule has 100 valence electrons. The summed E-state index contributed by atoms with van der Waals surface area (Å²) < 4.78 is 5.53. The standard InChI is InChI=1S/C13H20N2O3/c1-11-5-2-3-6-12(11)18-10-8-15-13(17)14-7-4-9-16/h2-3,5-6,16H,4,7-10H2,1H3,(H2,14,15,17). The van der Waals surface area contributed by atoms with E-state index in [1.807, 2.05) is 31.2 Å². The van der Waals surface area contributed by atoms with E-state index in [-0.39, 0.29) is 12.6 Å². The Kier molecular flexibility index (Phi) is 6.64. The van der Waals surface area contributed by atoms with Gasteiger partial charge >= 0.3 is 6.03 Å². The molecular formula is C13H20N2O3. The molecule has 5 heteroatoms. The van der Waals surface area contributed by atoms with Crippen LogP contribution in [0.1, 0.15) is 12.0 Å². The van der Waals surface area contributed by atoms with E-state index in [0.717, 1.165) is 11.3 Å². The monoisotopic (exact) mass is 252 g/mol. The number of amides is 2. The molecule has 1 aromatic carbocycles. The Morgan fingerprint density at radius 1 is 1.28 bits per heavy atom. The molecule has 18 heavy (non-hydrogen) atoms. The Hall–Kier alpha value is -1.75. The number of carbonyl (C=O) groups is 1. The van der Waals surface area contributed by atoms with Gasteiger partial charge in [0.2, 0.25) is 0 Å². The predicted molar refractivity (Wildman–Crippen MR) is 69.8 cm³/mol. The summed E-state index contributed by atoms with van der Waals surface area (Å²) in [7, 11) is 0. The summed E-state index contributed by atoms with van der Waals surface area (Å²) in [5.41, 5.74) is 1.07. The molecule has 0 saturated carbocycles. The number of hydrogen-bond acceptors (Lipinski definition) is 3. The van der Waals surface area contributed by atoms with Crippen molar-refractivity contribution < 1.29 is 14.6 Å². The molecule has 0 radical (unpaired) electrons. The SMILES string of the molecule is Cc1ccccc1OCCNC(=O)NCCCO. The fourth-order valence-corrected chi connectivity index (χ4v) is 1.39. The highest BCUT2D eigenvalue weighted by Gasteiger charge is 2.00. The van der Waals surface area contributed by atoms with E-state index < -0.39 is 0 Å². The van der Waals surface area contributed by atoms with Crippen LogP contribution in [0.2, 0.25) is 0 Å². The van der Waals surface area contributed by atoms with E-state index in [9.17, 15) is 4.79 Å². The van der Waals surface area contributed by atoms with E-state index in [1.54, 1.807) is 0 Å². The smallest absolute Gasteiger partial charge is 0.314 e. The molecule has 5 nitrogen and oxygen atoms in total. The molecule has 0 unspecified atom stereocenters. The summed E-state index contributed by atoms with van der Waals surface area (Å²) in [5.74, 6) is 0.833. The van der Waals surface area contributed by atoms with Gasteiger partial charge in [0.05, 0.1) is 6.54 Å². The molecule has 0 aliphatic rings. The molecule has 0 fully saturated rings. The first-order valence-corrected chi connectivity index (χ1v) is 6.05. The van der Waals surface area contributed by atoms with Crippen LogP contribution >= 0.6 is 0 Å². The first-order valence-electron chi connectivity index (χ1n) is 6.05. The second-order valence-corrected chi connectivity index (χ2v) is 3.87.